The topological polar surface area (TPSA) is 49.9 Å². The third kappa shape index (κ3) is 3.28. The Morgan fingerprint density at radius 3 is 2.48 bits per heavy atom. The lowest BCUT2D eigenvalue weighted by molar-refractivity contribution is -0.123. The first kappa shape index (κ1) is 21.5. The summed E-state index contributed by atoms with van der Waals surface area (Å²) in [6, 6.07) is 17.5. The Hall–Kier alpha value is -3.39. The van der Waals surface area contributed by atoms with Crippen molar-refractivity contribution >= 4 is 29.3 Å². The van der Waals surface area contributed by atoms with Crippen LogP contribution in [-0.2, 0) is 16.2 Å². The van der Waals surface area contributed by atoms with Crippen LogP contribution in [0.25, 0.3) is 0 Å². The molecule has 2 aliphatic rings. The monoisotopic (exact) mass is 466 g/mol. The van der Waals surface area contributed by atoms with E-state index in [4.69, 9.17) is 4.74 Å². The minimum atomic E-state index is -1.33. The van der Waals surface area contributed by atoms with E-state index in [0.29, 0.717) is 34.9 Å². The van der Waals surface area contributed by atoms with Gasteiger partial charge in [0.15, 0.2) is 4.87 Å². The van der Waals surface area contributed by atoms with Crippen LogP contribution in [0.4, 0.5) is 14.5 Å². The standard InChI is InChI=1S/C25H20F2N2O3S/c1-32-17-10-11-22-19(14-17)25(24(31)28(22)15-18-20(26)8-5-9-21(18)27)29(12-13-33-25)23(30)16-6-3-2-4-7-16/h2-11,14H,12-13,15H2,1H3/t25-/m1/s1. The molecule has 1 atom stereocenters. The molecule has 0 N–H and O–H groups in total. The summed E-state index contributed by atoms with van der Waals surface area (Å²) in [5, 5.41) is 0. The van der Waals surface area contributed by atoms with Crippen molar-refractivity contribution in [3.8, 4) is 5.75 Å². The highest BCUT2D eigenvalue weighted by molar-refractivity contribution is 8.01. The fraction of sp³-hybridized carbons (Fsp3) is 0.200. The van der Waals surface area contributed by atoms with Crippen molar-refractivity contribution in [1.29, 1.82) is 0 Å². The molecular formula is C25H20F2N2O3S. The molecular weight excluding hydrogens is 446 g/mol. The average molecular weight is 467 g/mol. The van der Waals surface area contributed by atoms with Crippen molar-refractivity contribution in [3.05, 3.63) is 95.1 Å². The Labute approximate surface area is 193 Å². The van der Waals surface area contributed by atoms with Gasteiger partial charge in [-0.05, 0) is 42.5 Å². The van der Waals surface area contributed by atoms with Gasteiger partial charge in [0.25, 0.3) is 11.8 Å². The summed E-state index contributed by atoms with van der Waals surface area (Å²) < 4.78 is 34.3. The summed E-state index contributed by atoms with van der Waals surface area (Å²) in [4.78, 5) is 29.1. The number of hydrogen-bond donors (Lipinski definition) is 0. The predicted octanol–water partition coefficient (Wildman–Crippen LogP) is 4.56. The third-order valence-corrected chi connectivity index (χ3v) is 7.46. The molecule has 5 nitrogen and oxygen atoms in total. The van der Waals surface area contributed by atoms with Gasteiger partial charge >= 0.3 is 0 Å². The van der Waals surface area contributed by atoms with Gasteiger partial charge in [0.1, 0.15) is 17.4 Å². The molecule has 2 heterocycles. The average Bonchev–Trinajstić information content (AvgIpc) is 3.38. The van der Waals surface area contributed by atoms with Crippen LogP contribution in [0.1, 0.15) is 21.5 Å². The number of hydrogen-bond acceptors (Lipinski definition) is 4. The van der Waals surface area contributed by atoms with Gasteiger partial charge in [-0.1, -0.05) is 24.3 Å². The number of amides is 2. The number of ether oxygens (including phenoxy) is 1. The molecule has 0 radical (unpaired) electrons. The summed E-state index contributed by atoms with van der Waals surface area (Å²) >= 11 is 1.35. The molecule has 3 aromatic rings. The van der Waals surface area contributed by atoms with Crippen LogP contribution in [-0.4, -0.2) is 36.1 Å². The number of carbonyl (C=O) groups is 2. The second-order valence-corrected chi connectivity index (χ2v) is 9.08. The van der Waals surface area contributed by atoms with E-state index in [9.17, 15) is 18.4 Å². The van der Waals surface area contributed by atoms with E-state index in [1.165, 1.54) is 42.0 Å². The molecule has 5 rings (SSSR count). The number of anilines is 1. The maximum Gasteiger partial charge on any atom is 0.268 e. The summed E-state index contributed by atoms with van der Waals surface area (Å²) in [6.45, 7) is 0.0784. The zero-order valence-electron chi connectivity index (χ0n) is 17.8. The number of fused-ring (bicyclic) bond motifs is 2. The van der Waals surface area contributed by atoms with Gasteiger partial charge in [-0.2, -0.15) is 0 Å². The molecule has 0 bridgehead atoms. The molecule has 0 saturated carbocycles. The van der Waals surface area contributed by atoms with E-state index < -0.39 is 22.4 Å². The lowest BCUT2D eigenvalue weighted by Crippen LogP contribution is -2.50. The highest BCUT2D eigenvalue weighted by Gasteiger charge is 2.59. The predicted molar refractivity (Wildman–Crippen MR) is 122 cm³/mol. The number of nitrogens with zero attached hydrogens (tertiary/aromatic N) is 2. The third-order valence-electron chi connectivity index (χ3n) is 6.04. The lowest BCUT2D eigenvalue weighted by Gasteiger charge is -2.33. The summed E-state index contributed by atoms with van der Waals surface area (Å²) in [6.07, 6.45) is 0. The van der Waals surface area contributed by atoms with Gasteiger partial charge in [0.05, 0.1) is 19.3 Å². The normalized spacial score (nSPS) is 19.3. The van der Waals surface area contributed by atoms with Crippen molar-refractivity contribution in [3.63, 3.8) is 0 Å². The molecule has 1 fully saturated rings. The fourth-order valence-corrected chi connectivity index (χ4v) is 5.91. The molecule has 8 heteroatoms. The van der Waals surface area contributed by atoms with Crippen LogP contribution < -0.4 is 9.64 Å². The van der Waals surface area contributed by atoms with Crippen molar-refractivity contribution < 1.29 is 23.1 Å². The van der Waals surface area contributed by atoms with E-state index in [1.54, 1.807) is 47.4 Å². The van der Waals surface area contributed by atoms with E-state index in [1.807, 2.05) is 6.07 Å². The quantitative estimate of drug-likeness (QED) is 0.566. The first-order valence-electron chi connectivity index (χ1n) is 10.4. The SMILES string of the molecule is COc1ccc2c(c1)[C@@]1(SCCN1C(=O)c1ccccc1)C(=O)N2Cc1c(F)cccc1F. The van der Waals surface area contributed by atoms with E-state index in [0.717, 1.165) is 0 Å². The van der Waals surface area contributed by atoms with E-state index >= 15 is 0 Å². The van der Waals surface area contributed by atoms with Crippen LogP contribution in [0.15, 0.2) is 66.7 Å². The van der Waals surface area contributed by atoms with E-state index in [-0.39, 0.29) is 18.0 Å². The largest absolute Gasteiger partial charge is 0.497 e. The van der Waals surface area contributed by atoms with Crippen LogP contribution in [0, 0.1) is 11.6 Å². The molecule has 33 heavy (non-hydrogen) atoms. The fourth-order valence-electron chi connectivity index (χ4n) is 4.46. The molecule has 2 aliphatic heterocycles. The Morgan fingerprint density at radius 2 is 1.79 bits per heavy atom. The van der Waals surface area contributed by atoms with Gasteiger partial charge < -0.3 is 14.5 Å². The molecule has 0 aliphatic carbocycles. The maximum atomic E-state index is 14.5. The van der Waals surface area contributed by atoms with Crippen molar-refractivity contribution in [2.24, 2.45) is 0 Å². The van der Waals surface area contributed by atoms with Crippen LogP contribution in [0.3, 0.4) is 0 Å². The summed E-state index contributed by atoms with van der Waals surface area (Å²) in [5.74, 6) is -1.06. The lowest BCUT2D eigenvalue weighted by atomic mass is 10.0. The number of thioether (sulfide) groups is 1. The number of methoxy groups -OCH3 is 1. The van der Waals surface area contributed by atoms with Crippen LogP contribution in [0.2, 0.25) is 0 Å². The zero-order chi connectivity index (χ0) is 23.2. The Bertz CT molecular complexity index is 1230. The Morgan fingerprint density at radius 1 is 1.06 bits per heavy atom. The van der Waals surface area contributed by atoms with Gasteiger partial charge in [-0.25, -0.2) is 8.78 Å². The molecule has 168 valence electrons. The second kappa shape index (κ2) is 8.19. The van der Waals surface area contributed by atoms with Crippen molar-refractivity contribution in [2.75, 3.05) is 24.3 Å². The molecule has 1 saturated heterocycles. The van der Waals surface area contributed by atoms with Crippen LogP contribution >= 0.6 is 11.8 Å². The van der Waals surface area contributed by atoms with Crippen LogP contribution in [0.5, 0.6) is 5.75 Å². The van der Waals surface area contributed by atoms with Gasteiger partial charge in [0, 0.05) is 29.0 Å². The van der Waals surface area contributed by atoms with Crippen molar-refractivity contribution in [2.45, 2.75) is 11.4 Å². The van der Waals surface area contributed by atoms with Crippen molar-refractivity contribution in [1.82, 2.24) is 4.90 Å². The number of carbonyl (C=O) groups excluding carboxylic acids is 2. The van der Waals surface area contributed by atoms with E-state index in [2.05, 4.69) is 0 Å². The molecule has 0 aromatic heterocycles. The minimum Gasteiger partial charge on any atom is -0.497 e. The molecule has 3 aromatic carbocycles. The smallest absolute Gasteiger partial charge is 0.268 e. The number of rotatable bonds is 4. The minimum absolute atomic E-state index is 0.200. The highest BCUT2D eigenvalue weighted by atomic mass is 32.2. The van der Waals surface area contributed by atoms with Gasteiger partial charge in [-0.15, -0.1) is 11.8 Å². The van der Waals surface area contributed by atoms with Gasteiger partial charge in [0.2, 0.25) is 0 Å². The maximum absolute atomic E-state index is 14.5. The molecule has 1 spiro atoms. The number of benzene rings is 3. The zero-order valence-corrected chi connectivity index (χ0v) is 18.6. The number of halogens is 2. The summed E-state index contributed by atoms with van der Waals surface area (Å²) in [5.41, 5.74) is 1.35. The Balaban J connectivity index is 1.64. The first-order valence-corrected chi connectivity index (χ1v) is 11.4. The molecule has 2 amide bonds. The molecule has 0 unspecified atom stereocenters. The van der Waals surface area contributed by atoms with Gasteiger partial charge in [-0.3, -0.25) is 9.59 Å². The second-order valence-electron chi connectivity index (χ2n) is 7.79. The first-order chi connectivity index (χ1) is 16.0. The summed E-state index contributed by atoms with van der Waals surface area (Å²) in [7, 11) is 1.52. The highest BCUT2D eigenvalue weighted by Crippen LogP contribution is 2.55. The Kier molecular flexibility index (Phi) is 5.32.